The van der Waals surface area contributed by atoms with Crippen molar-refractivity contribution in [2.24, 2.45) is 5.10 Å². The molecule has 7 heteroatoms. The SMILES string of the molecule is Cc1ccc(C2CC(c3cncc(C)c3-c3ccc(Cl)cc3)=NN2C(=O)CCC(=O)O)cc1. The number of benzene rings is 2. The summed E-state index contributed by atoms with van der Waals surface area (Å²) < 4.78 is 0. The van der Waals surface area contributed by atoms with Crippen molar-refractivity contribution in [3.63, 3.8) is 0 Å². The van der Waals surface area contributed by atoms with E-state index in [4.69, 9.17) is 21.8 Å². The van der Waals surface area contributed by atoms with Gasteiger partial charge in [0.15, 0.2) is 0 Å². The number of carbonyl (C=O) groups is 2. The Morgan fingerprint density at radius 3 is 2.39 bits per heavy atom. The number of amides is 1. The van der Waals surface area contributed by atoms with Gasteiger partial charge in [-0.15, -0.1) is 0 Å². The molecule has 6 nitrogen and oxygen atoms in total. The van der Waals surface area contributed by atoms with E-state index in [2.05, 4.69) is 4.98 Å². The summed E-state index contributed by atoms with van der Waals surface area (Å²) in [6.07, 6.45) is 3.74. The molecule has 1 N–H and O–H groups in total. The normalized spacial score (nSPS) is 15.4. The average molecular weight is 462 g/mol. The molecule has 0 saturated carbocycles. The summed E-state index contributed by atoms with van der Waals surface area (Å²) in [5.41, 5.74) is 6.63. The first kappa shape index (κ1) is 22.7. The van der Waals surface area contributed by atoms with Crippen molar-refractivity contribution in [1.29, 1.82) is 0 Å². The van der Waals surface area contributed by atoms with Crippen LogP contribution in [0.5, 0.6) is 0 Å². The maximum Gasteiger partial charge on any atom is 0.303 e. The van der Waals surface area contributed by atoms with E-state index in [1.807, 2.05) is 62.4 Å². The van der Waals surface area contributed by atoms with Crippen molar-refractivity contribution < 1.29 is 14.7 Å². The number of aliphatic carboxylic acids is 1. The highest BCUT2D eigenvalue weighted by Gasteiger charge is 2.34. The van der Waals surface area contributed by atoms with Crippen LogP contribution < -0.4 is 0 Å². The van der Waals surface area contributed by atoms with Gasteiger partial charge in [-0.2, -0.15) is 5.10 Å². The molecule has 33 heavy (non-hydrogen) atoms. The summed E-state index contributed by atoms with van der Waals surface area (Å²) in [6.45, 7) is 4.00. The number of hydrazone groups is 1. The third-order valence-corrected chi connectivity index (χ3v) is 6.01. The molecule has 1 aliphatic heterocycles. The number of carboxylic acids is 1. The molecule has 1 atom stereocenters. The van der Waals surface area contributed by atoms with Gasteiger partial charge in [0.2, 0.25) is 5.91 Å². The minimum atomic E-state index is -1.01. The highest BCUT2D eigenvalue weighted by Crippen LogP contribution is 2.37. The molecule has 2 heterocycles. The third-order valence-electron chi connectivity index (χ3n) is 5.76. The van der Waals surface area contributed by atoms with E-state index in [1.54, 1.807) is 12.4 Å². The van der Waals surface area contributed by atoms with Crippen LogP contribution in [0.4, 0.5) is 0 Å². The van der Waals surface area contributed by atoms with E-state index in [0.29, 0.717) is 11.4 Å². The molecule has 1 aromatic heterocycles. The summed E-state index contributed by atoms with van der Waals surface area (Å²) in [5, 5.41) is 15.8. The highest BCUT2D eigenvalue weighted by molar-refractivity contribution is 6.30. The Kier molecular flexibility index (Phi) is 6.56. The molecule has 168 valence electrons. The van der Waals surface area contributed by atoms with E-state index in [1.165, 1.54) is 5.01 Å². The van der Waals surface area contributed by atoms with Gasteiger partial charge < -0.3 is 5.11 Å². The Labute approximate surface area is 197 Å². The maximum atomic E-state index is 13.0. The second-order valence-electron chi connectivity index (χ2n) is 8.20. The van der Waals surface area contributed by atoms with Gasteiger partial charge in [0.05, 0.1) is 18.2 Å². The Morgan fingerprint density at radius 1 is 1.03 bits per heavy atom. The molecular formula is C26H24ClN3O3. The lowest BCUT2D eigenvalue weighted by atomic mass is 9.91. The van der Waals surface area contributed by atoms with Crippen LogP contribution in [0.1, 0.15) is 47.6 Å². The standard InChI is InChI=1S/C26H24ClN3O3/c1-16-3-5-18(6-4-16)23-13-22(29-30(23)24(31)11-12-25(32)33)21-15-28-14-17(2)26(21)19-7-9-20(27)10-8-19/h3-10,14-15,23H,11-13H2,1-2H3,(H,32,33). The van der Waals surface area contributed by atoms with E-state index in [0.717, 1.165) is 39.1 Å². The van der Waals surface area contributed by atoms with E-state index >= 15 is 0 Å². The van der Waals surface area contributed by atoms with Crippen molar-refractivity contribution in [2.75, 3.05) is 0 Å². The molecule has 1 unspecified atom stereocenters. The van der Waals surface area contributed by atoms with Crippen molar-refractivity contribution in [2.45, 2.75) is 39.2 Å². The number of aryl methyl sites for hydroxylation is 2. The van der Waals surface area contributed by atoms with Crippen LogP contribution in [0.25, 0.3) is 11.1 Å². The van der Waals surface area contributed by atoms with Crippen molar-refractivity contribution in [3.05, 3.63) is 88.2 Å². The molecular weight excluding hydrogens is 438 g/mol. The van der Waals surface area contributed by atoms with Gasteiger partial charge in [0.25, 0.3) is 0 Å². The number of carbonyl (C=O) groups excluding carboxylic acids is 1. The molecule has 2 aromatic carbocycles. The number of aromatic nitrogens is 1. The monoisotopic (exact) mass is 461 g/mol. The van der Waals surface area contributed by atoms with E-state index < -0.39 is 5.97 Å². The lowest BCUT2D eigenvalue weighted by Crippen LogP contribution is -2.27. The Hall–Kier alpha value is -3.51. The molecule has 0 spiro atoms. The second kappa shape index (κ2) is 9.55. The first-order valence-electron chi connectivity index (χ1n) is 10.7. The van der Waals surface area contributed by atoms with E-state index in [9.17, 15) is 9.59 Å². The van der Waals surface area contributed by atoms with Crippen LogP contribution in [0.3, 0.4) is 0 Å². The molecule has 1 amide bonds. The first-order chi connectivity index (χ1) is 15.8. The lowest BCUT2D eigenvalue weighted by Gasteiger charge is -2.22. The quantitative estimate of drug-likeness (QED) is 0.520. The lowest BCUT2D eigenvalue weighted by molar-refractivity contribution is -0.141. The van der Waals surface area contributed by atoms with Crippen LogP contribution in [-0.2, 0) is 9.59 Å². The zero-order valence-corrected chi connectivity index (χ0v) is 19.2. The predicted octanol–water partition coefficient (Wildman–Crippen LogP) is 5.56. The topological polar surface area (TPSA) is 82.9 Å². The fourth-order valence-corrected chi connectivity index (χ4v) is 4.19. The largest absolute Gasteiger partial charge is 0.481 e. The van der Waals surface area contributed by atoms with Gasteiger partial charge in [-0.05, 0) is 48.2 Å². The van der Waals surface area contributed by atoms with Gasteiger partial charge in [-0.3, -0.25) is 14.6 Å². The Balaban J connectivity index is 1.76. The zero-order valence-electron chi connectivity index (χ0n) is 18.5. The predicted molar refractivity (Wildman–Crippen MR) is 128 cm³/mol. The molecule has 0 bridgehead atoms. The van der Waals surface area contributed by atoms with Crippen molar-refractivity contribution >= 4 is 29.2 Å². The molecule has 0 radical (unpaired) electrons. The van der Waals surface area contributed by atoms with Crippen LogP contribution in [0.15, 0.2) is 66.0 Å². The number of carboxylic acid groups (broad SMARTS) is 1. The van der Waals surface area contributed by atoms with Gasteiger partial charge in [0.1, 0.15) is 0 Å². The van der Waals surface area contributed by atoms with Gasteiger partial charge in [0, 0.05) is 35.8 Å². The number of hydrogen-bond acceptors (Lipinski definition) is 4. The number of rotatable bonds is 6. The van der Waals surface area contributed by atoms with E-state index in [-0.39, 0.29) is 24.8 Å². The molecule has 0 aliphatic carbocycles. The fraction of sp³-hybridized carbons (Fsp3) is 0.231. The molecule has 4 rings (SSSR count). The van der Waals surface area contributed by atoms with Crippen molar-refractivity contribution in [1.82, 2.24) is 9.99 Å². The Morgan fingerprint density at radius 2 is 1.73 bits per heavy atom. The molecule has 3 aromatic rings. The summed E-state index contributed by atoms with van der Waals surface area (Å²) in [6, 6.07) is 15.3. The summed E-state index contributed by atoms with van der Waals surface area (Å²) in [5.74, 6) is -1.32. The minimum absolute atomic E-state index is 0.107. The van der Waals surface area contributed by atoms with Gasteiger partial charge >= 0.3 is 5.97 Å². The van der Waals surface area contributed by atoms with Gasteiger partial charge in [-0.25, -0.2) is 5.01 Å². The number of hydrogen-bond donors (Lipinski definition) is 1. The van der Waals surface area contributed by atoms with Crippen LogP contribution in [-0.4, -0.2) is 32.7 Å². The van der Waals surface area contributed by atoms with Crippen molar-refractivity contribution in [3.8, 4) is 11.1 Å². The number of halogens is 1. The smallest absolute Gasteiger partial charge is 0.303 e. The molecule has 0 saturated heterocycles. The molecule has 0 fully saturated rings. The number of nitrogens with zero attached hydrogens (tertiary/aromatic N) is 3. The Bertz CT molecular complexity index is 1220. The van der Waals surface area contributed by atoms with Crippen LogP contribution in [0.2, 0.25) is 5.02 Å². The maximum absolute atomic E-state index is 13.0. The average Bonchev–Trinajstić information content (AvgIpc) is 3.24. The van der Waals surface area contributed by atoms with Crippen LogP contribution in [0, 0.1) is 13.8 Å². The summed E-state index contributed by atoms with van der Waals surface area (Å²) >= 11 is 6.09. The minimum Gasteiger partial charge on any atom is -0.481 e. The zero-order chi connectivity index (χ0) is 23.5. The highest BCUT2D eigenvalue weighted by atomic mass is 35.5. The second-order valence-corrected chi connectivity index (χ2v) is 8.63. The van der Waals surface area contributed by atoms with Gasteiger partial charge in [-0.1, -0.05) is 53.6 Å². The first-order valence-corrected chi connectivity index (χ1v) is 11.1. The number of pyridine rings is 1. The summed E-state index contributed by atoms with van der Waals surface area (Å²) in [7, 11) is 0. The third kappa shape index (κ3) is 4.96. The molecule has 1 aliphatic rings. The van der Waals surface area contributed by atoms with Crippen LogP contribution >= 0.6 is 11.6 Å². The summed E-state index contributed by atoms with van der Waals surface area (Å²) in [4.78, 5) is 28.4. The fourth-order valence-electron chi connectivity index (χ4n) is 4.06.